The van der Waals surface area contributed by atoms with Crippen molar-refractivity contribution in [2.75, 3.05) is 6.54 Å². The van der Waals surface area contributed by atoms with E-state index in [1.807, 2.05) is 24.3 Å². The van der Waals surface area contributed by atoms with E-state index in [4.69, 9.17) is 9.47 Å². The van der Waals surface area contributed by atoms with E-state index < -0.39 is 41.9 Å². The number of hydrogen-bond acceptors (Lipinski definition) is 8. The number of nitrogens with zero attached hydrogens (tertiary/aromatic N) is 1. The second-order valence-corrected chi connectivity index (χ2v) is 13.0. The molecule has 4 amide bonds. The van der Waals surface area contributed by atoms with Gasteiger partial charge in [0, 0.05) is 0 Å². The molecule has 0 atom stereocenters. The lowest BCUT2D eigenvalue weighted by atomic mass is 10.1. The van der Waals surface area contributed by atoms with Crippen molar-refractivity contribution in [3.8, 4) is 0 Å². The minimum atomic E-state index is -0.849. The quantitative estimate of drug-likeness (QED) is 0.103. The first-order chi connectivity index (χ1) is 26.4. The summed E-state index contributed by atoms with van der Waals surface area (Å²) in [6.07, 6.45) is 5.20. The van der Waals surface area contributed by atoms with Crippen LogP contribution in [0.5, 0.6) is 0 Å². The molecule has 0 saturated heterocycles. The minimum Gasteiger partial charge on any atom is -0.444 e. The van der Waals surface area contributed by atoms with Gasteiger partial charge in [0.05, 0.1) is 0 Å². The molecule has 0 unspecified atom stereocenters. The van der Waals surface area contributed by atoms with Crippen molar-refractivity contribution in [1.82, 2.24) is 21.3 Å². The number of aliphatic imine (C=N–C) groups is 1. The van der Waals surface area contributed by atoms with E-state index in [1.54, 1.807) is 130 Å². The highest BCUT2D eigenvalue weighted by Gasteiger charge is 2.28. The summed E-state index contributed by atoms with van der Waals surface area (Å²) in [5.41, 5.74) is 1.35. The summed E-state index contributed by atoms with van der Waals surface area (Å²) in [5.74, 6) is -3.25. The Bertz CT molecular complexity index is 2190. The number of carbonyl (C=O) groups excluding carboxylic acids is 5. The molecule has 0 fully saturated rings. The van der Waals surface area contributed by atoms with Gasteiger partial charge in [0.15, 0.2) is 5.70 Å². The van der Waals surface area contributed by atoms with Gasteiger partial charge in [-0.25, -0.2) is 14.6 Å². The maximum absolute atomic E-state index is 14.2. The number of benzene rings is 4. The van der Waals surface area contributed by atoms with Crippen LogP contribution in [0.1, 0.15) is 43.0 Å². The zero-order valence-corrected chi connectivity index (χ0v) is 30.4. The second kappa shape index (κ2) is 18.4. The molecule has 0 radical (unpaired) electrons. The van der Waals surface area contributed by atoms with Crippen LogP contribution in [0.2, 0.25) is 0 Å². The van der Waals surface area contributed by atoms with E-state index >= 15 is 0 Å². The summed E-state index contributed by atoms with van der Waals surface area (Å²) >= 11 is 0. The van der Waals surface area contributed by atoms with E-state index in [-0.39, 0.29) is 28.7 Å². The van der Waals surface area contributed by atoms with Crippen LogP contribution in [0.25, 0.3) is 24.3 Å². The molecule has 0 aromatic heterocycles. The molecule has 4 N–H and O–H groups in total. The molecule has 4 aromatic rings. The molecular weight excluding hydrogens is 699 g/mol. The third-order valence-electron chi connectivity index (χ3n) is 7.34. The van der Waals surface area contributed by atoms with Crippen LogP contribution in [0.3, 0.4) is 0 Å². The van der Waals surface area contributed by atoms with Crippen LogP contribution >= 0.6 is 0 Å². The van der Waals surface area contributed by atoms with Crippen molar-refractivity contribution in [1.29, 1.82) is 0 Å². The fraction of sp³-hybridized carbons (Fsp3) is 0.116. The summed E-state index contributed by atoms with van der Waals surface area (Å²) in [6, 6.07) is 35.6. The average molecular weight is 738 g/mol. The third-order valence-corrected chi connectivity index (χ3v) is 7.34. The number of amides is 4. The largest absolute Gasteiger partial charge is 0.444 e. The van der Waals surface area contributed by atoms with Gasteiger partial charge in [-0.3, -0.25) is 14.4 Å². The van der Waals surface area contributed by atoms with Crippen LogP contribution in [-0.4, -0.2) is 47.8 Å². The predicted octanol–water partition coefficient (Wildman–Crippen LogP) is 5.98. The van der Waals surface area contributed by atoms with Crippen LogP contribution in [0.4, 0.5) is 4.79 Å². The normalized spacial score (nSPS) is 14.0. The number of cyclic esters (lactones) is 1. The molecule has 0 spiro atoms. The first-order valence-electron chi connectivity index (χ1n) is 17.2. The van der Waals surface area contributed by atoms with Crippen molar-refractivity contribution in [2.24, 2.45) is 4.99 Å². The Kier molecular flexibility index (Phi) is 13.0. The van der Waals surface area contributed by atoms with Gasteiger partial charge < -0.3 is 30.7 Å². The van der Waals surface area contributed by atoms with E-state index in [9.17, 15) is 24.0 Å². The van der Waals surface area contributed by atoms with Crippen molar-refractivity contribution in [3.63, 3.8) is 0 Å². The molecule has 0 saturated carbocycles. The van der Waals surface area contributed by atoms with Crippen molar-refractivity contribution in [3.05, 3.63) is 166 Å². The fourth-order valence-electron chi connectivity index (χ4n) is 4.89. The van der Waals surface area contributed by atoms with E-state index in [1.165, 1.54) is 12.2 Å². The Hall–Kier alpha value is -7.34. The maximum atomic E-state index is 14.2. The summed E-state index contributed by atoms with van der Waals surface area (Å²) < 4.78 is 10.7. The highest BCUT2D eigenvalue weighted by atomic mass is 16.6. The molecular formula is C43H39N5O7. The molecule has 278 valence electrons. The highest BCUT2D eigenvalue weighted by Crippen LogP contribution is 2.20. The molecule has 4 aromatic carbocycles. The van der Waals surface area contributed by atoms with E-state index in [2.05, 4.69) is 26.3 Å². The SMILES string of the molecule is CC(C)(C)OC(=O)NCC(=O)N/C(=C\c1ccccc1)C(=O)N/C(=C\c1ccccc1)C(=O)N/C(=C\c1ccccc1)C1=N/C(=C\c2ccccc2)C(=O)O1. The van der Waals surface area contributed by atoms with Crippen molar-refractivity contribution < 1.29 is 33.4 Å². The van der Waals surface area contributed by atoms with E-state index in [0.717, 1.165) is 5.56 Å². The maximum Gasteiger partial charge on any atom is 0.408 e. The van der Waals surface area contributed by atoms with E-state index in [0.29, 0.717) is 16.7 Å². The first kappa shape index (κ1) is 38.9. The number of nitrogens with one attached hydrogen (secondary N) is 4. The van der Waals surface area contributed by atoms with Gasteiger partial charge in [0.1, 0.15) is 29.2 Å². The zero-order valence-electron chi connectivity index (χ0n) is 30.4. The van der Waals surface area contributed by atoms with Gasteiger partial charge >= 0.3 is 12.1 Å². The van der Waals surface area contributed by atoms with Crippen molar-refractivity contribution in [2.45, 2.75) is 26.4 Å². The second-order valence-electron chi connectivity index (χ2n) is 13.0. The summed E-state index contributed by atoms with van der Waals surface area (Å²) in [4.78, 5) is 70.6. The molecule has 1 aliphatic heterocycles. The Morgan fingerprint density at radius 2 is 1.09 bits per heavy atom. The molecule has 5 rings (SSSR count). The molecule has 55 heavy (non-hydrogen) atoms. The number of alkyl carbamates (subject to hydrolysis) is 1. The van der Waals surface area contributed by atoms with Gasteiger partial charge in [-0.15, -0.1) is 0 Å². The molecule has 1 heterocycles. The lowest BCUT2D eigenvalue weighted by Crippen LogP contribution is -2.43. The molecule has 12 nitrogen and oxygen atoms in total. The fourth-order valence-corrected chi connectivity index (χ4v) is 4.89. The van der Waals surface area contributed by atoms with Gasteiger partial charge in [0.2, 0.25) is 11.8 Å². The molecule has 0 aliphatic carbocycles. The Morgan fingerprint density at radius 1 is 0.636 bits per heavy atom. The lowest BCUT2D eigenvalue weighted by molar-refractivity contribution is -0.130. The van der Waals surface area contributed by atoms with Gasteiger partial charge in [-0.1, -0.05) is 121 Å². The van der Waals surface area contributed by atoms with Gasteiger partial charge in [-0.2, -0.15) is 0 Å². The minimum absolute atomic E-state index is 0.0235. The summed E-state index contributed by atoms with van der Waals surface area (Å²) in [6.45, 7) is 4.55. The van der Waals surface area contributed by atoms with Gasteiger partial charge in [0.25, 0.3) is 11.8 Å². The number of carbonyl (C=O) groups is 5. The van der Waals surface area contributed by atoms with Crippen LogP contribution in [0.15, 0.2) is 149 Å². The number of hydrogen-bond donors (Lipinski definition) is 4. The molecule has 12 heteroatoms. The average Bonchev–Trinajstić information content (AvgIpc) is 3.53. The molecule has 0 bridgehead atoms. The smallest absolute Gasteiger partial charge is 0.408 e. The Balaban J connectivity index is 1.45. The summed E-state index contributed by atoms with van der Waals surface area (Å²) in [5, 5.41) is 10.3. The summed E-state index contributed by atoms with van der Waals surface area (Å²) in [7, 11) is 0. The lowest BCUT2D eigenvalue weighted by Gasteiger charge is -2.19. The van der Waals surface area contributed by atoms with Gasteiger partial charge in [-0.05, 0) is 67.3 Å². The number of esters is 1. The standard InChI is InChI=1S/C43H39N5O7/c1-43(2,3)55-42(53)44-28-37(49)45-33(24-29-16-8-4-9-17-29)38(50)46-34(25-30-18-10-5-11-19-30)39(51)47-35(26-31-20-12-6-13-21-31)40-48-36(41(52)54-40)27-32-22-14-7-15-23-32/h4-27H,28H2,1-3H3,(H,44,53)(H,45,49)(H,46,50)(H,47,51)/b33-24-,34-25-,35-26-,36-27-. The predicted molar refractivity (Wildman–Crippen MR) is 210 cm³/mol. The topological polar surface area (TPSA) is 164 Å². The number of ether oxygens (including phenoxy) is 2. The monoisotopic (exact) mass is 737 g/mol. The third kappa shape index (κ3) is 12.4. The Morgan fingerprint density at radius 3 is 1.60 bits per heavy atom. The van der Waals surface area contributed by atoms with Crippen LogP contribution in [-0.2, 0) is 28.7 Å². The van der Waals surface area contributed by atoms with Crippen LogP contribution in [0, 0.1) is 0 Å². The highest BCUT2D eigenvalue weighted by molar-refractivity contribution is 6.17. The molecule has 1 aliphatic rings. The number of rotatable bonds is 12. The zero-order chi connectivity index (χ0) is 39.2. The van der Waals surface area contributed by atoms with Crippen LogP contribution < -0.4 is 21.3 Å². The van der Waals surface area contributed by atoms with Crippen molar-refractivity contribution >= 4 is 60.0 Å². The first-order valence-corrected chi connectivity index (χ1v) is 17.2. The Labute approximate surface area is 318 Å².